The van der Waals surface area contributed by atoms with Crippen LogP contribution < -0.4 is 4.74 Å². The first-order valence-corrected chi connectivity index (χ1v) is 6.10. The van der Waals surface area contributed by atoms with Crippen LogP contribution in [0.25, 0.3) is 0 Å². The molecule has 0 saturated heterocycles. The molecule has 0 radical (unpaired) electrons. The van der Waals surface area contributed by atoms with E-state index in [2.05, 4.69) is 39.8 Å². The smallest absolute Gasteiger partial charge is 0.157 e. The molecule has 0 aliphatic rings. The highest BCUT2D eigenvalue weighted by Gasteiger charge is 2.17. The predicted molar refractivity (Wildman–Crippen MR) is 70.8 cm³/mol. The van der Waals surface area contributed by atoms with Gasteiger partial charge in [-0.2, -0.15) is 0 Å². The Labute approximate surface area is 104 Å². The molecule has 0 bridgehead atoms. The lowest BCUT2D eigenvalue weighted by Crippen LogP contribution is -2.13. The normalized spacial score (nSPS) is 11.4. The lowest BCUT2D eigenvalue weighted by atomic mass is 9.84. The second-order valence-electron chi connectivity index (χ2n) is 5.36. The van der Waals surface area contributed by atoms with Crippen molar-refractivity contribution >= 4 is 6.29 Å². The molecule has 0 atom stereocenters. The molecule has 0 spiro atoms. The molecule has 2 heteroatoms. The van der Waals surface area contributed by atoms with Gasteiger partial charge in [0.15, 0.2) is 6.29 Å². The molecule has 0 aliphatic heterocycles. The van der Waals surface area contributed by atoms with Gasteiger partial charge in [0, 0.05) is 0 Å². The molecule has 0 heterocycles. The highest BCUT2D eigenvalue weighted by atomic mass is 16.5. The summed E-state index contributed by atoms with van der Waals surface area (Å²) in [4.78, 5) is 10.4. The van der Waals surface area contributed by atoms with Gasteiger partial charge in [0.05, 0.1) is 0 Å². The van der Waals surface area contributed by atoms with Crippen LogP contribution >= 0.6 is 0 Å². The fraction of sp³-hybridized carbons (Fsp3) is 0.533. The van der Waals surface area contributed by atoms with Gasteiger partial charge in [-0.1, -0.05) is 39.8 Å². The summed E-state index contributed by atoms with van der Waals surface area (Å²) in [6, 6.07) is 4.34. The number of hydrogen-bond acceptors (Lipinski definition) is 2. The van der Waals surface area contributed by atoms with Gasteiger partial charge in [-0.15, -0.1) is 0 Å². The van der Waals surface area contributed by atoms with E-state index in [1.54, 1.807) is 0 Å². The van der Waals surface area contributed by atoms with Gasteiger partial charge in [-0.3, -0.25) is 4.79 Å². The summed E-state index contributed by atoms with van der Waals surface area (Å²) in [5.41, 5.74) is 3.73. The number of carbonyl (C=O) groups excluding carboxylic acids is 1. The Morgan fingerprint density at radius 2 is 1.94 bits per heavy atom. The standard InChI is InChI=1S/C15H22O2/c1-6-12-10-13(15(3,4)5)9-11(2)14(12)17-8-7-16/h7,9-10H,6,8H2,1-5H3. The fourth-order valence-corrected chi connectivity index (χ4v) is 1.87. The monoisotopic (exact) mass is 234 g/mol. The third-order valence-electron chi connectivity index (χ3n) is 2.89. The van der Waals surface area contributed by atoms with E-state index in [0.29, 0.717) is 0 Å². The van der Waals surface area contributed by atoms with Crippen molar-refractivity contribution in [3.05, 3.63) is 28.8 Å². The van der Waals surface area contributed by atoms with Gasteiger partial charge >= 0.3 is 0 Å². The Morgan fingerprint density at radius 1 is 1.29 bits per heavy atom. The number of hydrogen-bond donors (Lipinski definition) is 0. The lowest BCUT2D eigenvalue weighted by molar-refractivity contribution is -0.109. The summed E-state index contributed by atoms with van der Waals surface area (Å²) in [5.74, 6) is 0.868. The van der Waals surface area contributed by atoms with Gasteiger partial charge in [-0.25, -0.2) is 0 Å². The maximum atomic E-state index is 10.4. The van der Waals surface area contributed by atoms with Gasteiger partial charge in [-0.05, 0) is 35.4 Å². The van der Waals surface area contributed by atoms with Crippen molar-refractivity contribution in [1.29, 1.82) is 0 Å². The number of ether oxygens (including phenoxy) is 1. The van der Waals surface area contributed by atoms with Crippen molar-refractivity contribution < 1.29 is 9.53 Å². The van der Waals surface area contributed by atoms with Crippen LogP contribution in [0.5, 0.6) is 5.75 Å². The molecule has 0 aliphatic carbocycles. The third-order valence-corrected chi connectivity index (χ3v) is 2.89. The highest BCUT2D eigenvalue weighted by molar-refractivity contribution is 5.53. The molecule has 0 fully saturated rings. The van der Waals surface area contributed by atoms with Crippen molar-refractivity contribution in [3.8, 4) is 5.75 Å². The average Bonchev–Trinajstić information content (AvgIpc) is 2.25. The van der Waals surface area contributed by atoms with E-state index < -0.39 is 0 Å². The van der Waals surface area contributed by atoms with Crippen LogP contribution in [0.15, 0.2) is 12.1 Å². The molecule has 0 amide bonds. The second kappa shape index (κ2) is 5.35. The van der Waals surface area contributed by atoms with Crippen LogP contribution in [0.2, 0.25) is 0 Å². The zero-order valence-corrected chi connectivity index (χ0v) is 11.5. The second-order valence-corrected chi connectivity index (χ2v) is 5.36. The van der Waals surface area contributed by atoms with E-state index in [0.717, 1.165) is 24.0 Å². The number of rotatable bonds is 4. The van der Waals surface area contributed by atoms with Gasteiger partial charge in [0.1, 0.15) is 12.4 Å². The number of carbonyl (C=O) groups is 1. The molecule has 17 heavy (non-hydrogen) atoms. The Hall–Kier alpha value is -1.31. The molecule has 94 valence electrons. The summed E-state index contributed by atoms with van der Waals surface area (Å²) >= 11 is 0. The third kappa shape index (κ3) is 3.32. The Morgan fingerprint density at radius 3 is 2.41 bits per heavy atom. The van der Waals surface area contributed by atoms with Gasteiger partial charge in [0.25, 0.3) is 0 Å². The molecule has 0 aromatic heterocycles. The summed E-state index contributed by atoms with van der Waals surface area (Å²) in [6.07, 6.45) is 1.70. The summed E-state index contributed by atoms with van der Waals surface area (Å²) in [7, 11) is 0. The summed E-state index contributed by atoms with van der Waals surface area (Å²) < 4.78 is 5.51. The van der Waals surface area contributed by atoms with Crippen LogP contribution in [0.3, 0.4) is 0 Å². The first kappa shape index (κ1) is 13.8. The maximum absolute atomic E-state index is 10.4. The molecule has 2 nitrogen and oxygen atoms in total. The largest absolute Gasteiger partial charge is 0.486 e. The van der Waals surface area contributed by atoms with Crippen molar-refractivity contribution in [1.82, 2.24) is 0 Å². The van der Waals surface area contributed by atoms with Crippen LogP contribution in [0, 0.1) is 6.92 Å². The van der Waals surface area contributed by atoms with Crippen LogP contribution in [-0.4, -0.2) is 12.9 Å². The first-order valence-electron chi connectivity index (χ1n) is 6.10. The van der Waals surface area contributed by atoms with Crippen molar-refractivity contribution in [2.24, 2.45) is 0 Å². The zero-order valence-electron chi connectivity index (χ0n) is 11.5. The van der Waals surface area contributed by atoms with E-state index in [9.17, 15) is 4.79 Å². The topological polar surface area (TPSA) is 26.3 Å². The van der Waals surface area contributed by atoms with Crippen LogP contribution in [0.4, 0.5) is 0 Å². The molecule has 1 aromatic carbocycles. The molecule has 1 rings (SSSR count). The van der Waals surface area contributed by atoms with E-state index in [-0.39, 0.29) is 12.0 Å². The minimum atomic E-state index is 0.128. The molecule has 0 unspecified atom stereocenters. The Kier molecular flexibility index (Phi) is 4.33. The minimum Gasteiger partial charge on any atom is -0.486 e. The van der Waals surface area contributed by atoms with E-state index >= 15 is 0 Å². The first-order chi connectivity index (χ1) is 7.90. The molecular formula is C15H22O2. The molecular weight excluding hydrogens is 212 g/mol. The zero-order chi connectivity index (χ0) is 13.1. The number of benzene rings is 1. The van der Waals surface area contributed by atoms with Crippen LogP contribution in [-0.2, 0) is 16.6 Å². The molecule has 1 aromatic rings. The van der Waals surface area contributed by atoms with E-state index in [1.165, 1.54) is 11.1 Å². The molecule has 0 saturated carbocycles. The molecule has 0 N–H and O–H groups in total. The number of aryl methyl sites for hydroxylation is 2. The van der Waals surface area contributed by atoms with Gasteiger partial charge in [0.2, 0.25) is 0 Å². The maximum Gasteiger partial charge on any atom is 0.157 e. The minimum absolute atomic E-state index is 0.128. The Balaban J connectivity index is 3.20. The van der Waals surface area contributed by atoms with E-state index in [4.69, 9.17) is 4.74 Å². The Bertz CT molecular complexity index is 400. The number of aldehydes is 1. The van der Waals surface area contributed by atoms with E-state index in [1.807, 2.05) is 6.92 Å². The van der Waals surface area contributed by atoms with Gasteiger partial charge < -0.3 is 4.74 Å². The highest BCUT2D eigenvalue weighted by Crippen LogP contribution is 2.31. The summed E-state index contributed by atoms with van der Waals surface area (Å²) in [6.45, 7) is 10.9. The van der Waals surface area contributed by atoms with Crippen molar-refractivity contribution in [3.63, 3.8) is 0 Å². The lowest BCUT2D eigenvalue weighted by Gasteiger charge is -2.22. The predicted octanol–water partition coefficient (Wildman–Crippen LogP) is 3.43. The fourth-order valence-electron chi connectivity index (χ4n) is 1.87. The van der Waals surface area contributed by atoms with Crippen molar-refractivity contribution in [2.45, 2.75) is 46.5 Å². The quantitative estimate of drug-likeness (QED) is 0.746. The summed E-state index contributed by atoms with van der Waals surface area (Å²) in [5, 5.41) is 0. The van der Waals surface area contributed by atoms with Crippen molar-refractivity contribution in [2.75, 3.05) is 6.61 Å². The van der Waals surface area contributed by atoms with Crippen LogP contribution in [0.1, 0.15) is 44.4 Å². The SMILES string of the molecule is CCc1cc(C(C)(C)C)cc(C)c1OCC=O. The average molecular weight is 234 g/mol.